The van der Waals surface area contributed by atoms with Gasteiger partial charge in [0.15, 0.2) is 0 Å². The lowest BCUT2D eigenvalue weighted by Crippen LogP contribution is -1.93. The number of nitrogens with zero attached hydrogens (tertiary/aromatic N) is 2. The third-order valence-corrected chi connectivity index (χ3v) is 2.34. The molecule has 0 aliphatic heterocycles. The van der Waals surface area contributed by atoms with E-state index < -0.39 is 4.92 Å². The number of pyridine rings is 1. The third kappa shape index (κ3) is 2.54. The summed E-state index contributed by atoms with van der Waals surface area (Å²) >= 11 is 0. The molecule has 2 N–H and O–H groups in total. The SMILES string of the molecule is Cc1ccc([N+](=O)[O-])cc1Oc1cncc(N)c1. The fraction of sp³-hybridized carbons (Fsp3) is 0.0833. The highest BCUT2D eigenvalue weighted by molar-refractivity contribution is 5.47. The zero-order chi connectivity index (χ0) is 13.1. The first-order valence-corrected chi connectivity index (χ1v) is 5.19. The number of hydrogen-bond donors (Lipinski definition) is 1. The zero-order valence-electron chi connectivity index (χ0n) is 9.66. The van der Waals surface area contributed by atoms with Gasteiger partial charge in [-0.25, -0.2) is 0 Å². The van der Waals surface area contributed by atoms with Gasteiger partial charge in [0.2, 0.25) is 0 Å². The molecule has 0 atom stereocenters. The average molecular weight is 245 g/mol. The number of nitrogens with two attached hydrogens (primary N) is 1. The lowest BCUT2D eigenvalue weighted by molar-refractivity contribution is -0.384. The van der Waals surface area contributed by atoms with E-state index in [1.165, 1.54) is 24.5 Å². The van der Waals surface area contributed by atoms with Crippen molar-refractivity contribution in [3.05, 3.63) is 52.3 Å². The van der Waals surface area contributed by atoms with E-state index >= 15 is 0 Å². The molecule has 0 spiro atoms. The van der Waals surface area contributed by atoms with Crippen LogP contribution in [0.5, 0.6) is 11.5 Å². The Balaban J connectivity index is 2.33. The Morgan fingerprint density at radius 1 is 1.33 bits per heavy atom. The van der Waals surface area contributed by atoms with Crippen molar-refractivity contribution in [1.82, 2.24) is 4.98 Å². The average Bonchev–Trinajstić information content (AvgIpc) is 2.31. The van der Waals surface area contributed by atoms with Crippen LogP contribution in [-0.2, 0) is 0 Å². The van der Waals surface area contributed by atoms with Crippen LogP contribution in [0.3, 0.4) is 0 Å². The maximum Gasteiger partial charge on any atom is 0.273 e. The van der Waals surface area contributed by atoms with Crippen molar-refractivity contribution in [3.63, 3.8) is 0 Å². The molecule has 92 valence electrons. The first kappa shape index (κ1) is 11.8. The summed E-state index contributed by atoms with van der Waals surface area (Å²) in [5.41, 5.74) is 6.82. The summed E-state index contributed by atoms with van der Waals surface area (Å²) in [7, 11) is 0. The molecule has 0 aliphatic carbocycles. The smallest absolute Gasteiger partial charge is 0.273 e. The maximum atomic E-state index is 10.7. The number of aryl methyl sites for hydroxylation is 1. The monoisotopic (exact) mass is 245 g/mol. The number of nitro groups is 1. The number of benzene rings is 1. The number of hydrogen-bond acceptors (Lipinski definition) is 5. The summed E-state index contributed by atoms with van der Waals surface area (Å²) in [4.78, 5) is 14.1. The highest BCUT2D eigenvalue weighted by Crippen LogP contribution is 2.29. The molecule has 0 radical (unpaired) electrons. The predicted molar refractivity (Wildman–Crippen MR) is 66.6 cm³/mol. The van der Waals surface area contributed by atoms with Crippen molar-refractivity contribution in [2.75, 3.05) is 5.73 Å². The van der Waals surface area contributed by atoms with Crippen LogP contribution < -0.4 is 10.5 Å². The van der Waals surface area contributed by atoms with Crippen LogP contribution in [0.2, 0.25) is 0 Å². The molecule has 0 aliphatic rings. The fourth-order valence-corrected chi connectivity index (χ4v) is 1.43. The molecule has 6 heteroatoms. The van der Waals surface area contributed by atoms with E-state index in [1.807, 2.05) is 0 Å². The molecule has 2 aromatic rings. The Morgan fingerprint density at radius 3 is 2.78 bits per heavy atom. The summed E-state index contributed by atoms with van der Waals surface area (Å²) in [5.74, 6) is 0.857. The van der Waals surface area contributed by atoms with Crippen molar-refractivity contribution < 1.29 is 9.66 Å². The second kappa shape index (κ2) is 4.70. The second-order valence-corrected chi connectivity index (χ2v) is 3.76. The molecule has 6 nitrogen and oxygen atoms in total. The van der Waals surface area contributed by atoms with E-state index in [-0.39, 0.29) is 5.69 Å². The molecule has 0 amide bonds. The van der Waals surface area contributed by atoms with Gasteiger partial charge in [-0.15, -0.1) is 0 Å². The molecule has 0 bridgehead atoms. The van der Waals surface area contributed by atoms with Crippen LogP contribution in [0.15, 0.2) is 36.7 Å². The van der Waals surface area contributed by atoms with E-state index in [1.54, 1.807) is 19.1 Å². The van der Waals surface area contributed by atoms with E-state index in [4.69, 9.17) is 10.5 Å². The summed E-state index contributed by atoms with van der Waals surface area (Å²) < 4.78 is 5.53. The molecule has 0 fully saturated rings. The van der Waals surface area contributed by atoms with Gasteiger partial charge in [0.25, 0.3) is 5.69 Å². The molecule has 0 unspecified atom stereocenters. The lowest BCUT2D eigenvalue weighted by Gasteiger charge is -2.08. The minimum absolute atomic E-state index is 0.0209. The van der Waals surface area contributed by atoms with Crippen LogP contribution in [0, 0.1) is 17.0 Å². The minimum atomic E-state index is -0.468. The molecular weight excluding hydrogens is 234 g/mol. The second-order valence-electron chi connectivity index (χ2n) is 3.76. The Kier molecular flexibility index (Phi) is 3.09. The van der Waals surface area contributed by atoms with Crippen molar-refractivity contribution in [1.29, 1.82) is 0 Å². The van der Waals surface area contributed by atoms with E-state index in [2.05, 4.69) is 4.98 Å². The van der Waals surface area contributed by atoms with Gasteiger partial charge >= 0.3 is 0 Å². The fourth-order valence-electron chi connectivity index (χ4n) is 1.43. The number of rotatable bonds is 3. The number of nitro benzene ring substituents is 1. The van der Waals surface area contributed by atoms with Gasteiger partial charge < -0.3 is 10.5 Å². The van der Waals surface area contributed by atoms with Gasteiger partial charge in [-0.1, -0.05) is 0 Å². The molecule has 2 rings (SSSR count). The molecule has 1 aromatic carbocycles. The summed E-state index contributed by atoms with van der Waals surface area (Å²) in [5, 5.41) is 10.7. The molecule has 18 heavy (non-hydrogen) atoms. The van der Waals surface area contributed by atoms with Crippen LogP contribution in [0.25, 0.3) is 0 Å². The maximum absolute atomic E-state index is 10.7. The number of aromatic nitrogens is 1. The number of non-ortho nitro benzene ring substituents is 1. The summed E-state index contributed by atoms with van der Waals surface area (Å²) in [6, 6.07) is 6.04. The van der Waals surface area contributed by atoms with Gasteiger partial charge in [-0.2, -0.15) is 0 Å². The van der Waals surface area contributed by atoms with Gasteiger partial charge in [0, 0.05) is 12.1 Å². The first-order valence-electron chi connectivity index (χ1n) is 5.19. The van der Waals surface area contributed by atoms with E-state index in [0.29, 0.717) is 17.2 Å². The Morgan fingerprint density at radius 2 is 2.11 bits per heavy atom. The van der Waals surface area contributed by atoms with Gasteiger partial charge in [-0.3, -0.25) is 15.1 Å². The highest BCUT2D eigenvalue weighted by atomic mass is 16.6. The molecule has 1 heterocycles. The third-order valence-electron chi connectivity index (χ3n) is 2.34. The van der Waals surface area contributed by atoms with E-state index in [0.717, 1.165) is 5.56 Å². The first-order chi connectivity index (χ1) is 8.56. The van der Waals surface area contributed by atoms with Gasteiger partial charge in [0.05, 0.1) is 29.1 Å². The molecule has 0 saturated carbocycles. The van der Waals surface area contributed by atoms with Crippen LogP contribution >= 0.6 is 0 Å². The van der Waals surface area contributed by atoms with Crippen molar-refractivity contribution >= 4 is 11.4 Å². The summed E-state index contributed by atoms with van der Waals surface area (Å²) in [6.07, 6.45) is 2.99. The van der Waals surface area contributed by atoms with Gasteiger partial charge in [0.1, 0.15) is 11.5 Å². The van der Waals surface area contributed by atoms with Crippen LogP contribution in [-0.4, -0.2) is 9.91 Å². The Hall–Kier alpha value is -2.63. The Bertz CT molecular complexity index is 599. The predicted octanol–water partition coefficient (Wildman–Crippen LogP) is 2.67. The number of nitrogen functional groups attached to an aromatic ring is 1. The van der Waals surface area contributed by atoms with Crippen LogP contribution in [0.1, 0.15) is 5.56 Å². The molecular formula is C12H11N3O3. The topological polar surface area (TPSA) is 91.3 Å². The Labute approximate surface area is 103 Å². The van der Waals surface area contributed by atoms with Crippen LogP contribution in [0.4, 0.5) is 11.4 Å². The summed E-state index contributed by atoms with van der Waals surface area (Å²) in [6.45, 7) is 1.80. The van der Waals surface area contributed by atoms with Crippen molar-refractivity contribution in [2.45, 2.75) is 6.92 Å². The minimum Gasteiger partial charge on any atom is -0.455 e. The van der Waals surface area contributed by atoms with Crippen molar-refractivity contribution in [3.8, 4) is 11.5 Å². The molecule has 1 aromatic heterocycles. The zero-order valence-corrected chi connectivity index (χ0v) is 9.66. The number of anilines is 1. The normalized spacial score (nSPS) is 10.1. The number of ether oxygens (including phenoxy) is 1. The largest absolute Gasteiger partial charge is 0.455 e. The standard InChI is InChI=1S/C12H11N3O3/c1-8-2-3-10(15(16)17)5-12(8)18-11-4-9(13)6-14-7-11/h2-7H,13H2,1H3. The van der Waals surface area contributed by atoms with E-state index in [9.17, 15) is 10.1 Å². The highest BCUT2D eigenvalue weighted by Gasteiger charge is 2.10. The van der Waals surface area contributed by atoms with Gasteiger partial charge in [-0.05, 0) is 18.6 Å². The molecule has 0 saturated heterocycles. The quantitative estimate of drug-likeness (QED) is 0.663. The lowest BCUT2D eigenvalue weighted by atomic mass is 10.2. The van der Waals surface area contributed by atoms with Crippen molar-refractivity contribution in [2.24, 2.45) is 0 Å².